The molecule has 1 unspecified atom stereocenters. The van der Waals surface area contributed by atoms with E-state index in [2.05, 4.69) is 20.9 Å². The number of aromatic nitrogens is 1. The Morgan fingerprint density at radius 1 is 1.11 bits per heavy atom. The lowest BCUT2D eigenvalue weighted by Gasteiger charge is -2.17. The van der Waals surface area contributed by atoms with Gasteiger partial charge in [0.1, 0.15) is 16.2 Å². The number of halogens is 8. The van der Waals surface area contributed by atoms with E-state index in [0.29, 0.717) is 34.1 Å². The molecule has 3 rings (SSSR count). The number of thiophene rings is 1. The highest BCUT2D eigenvalue weighted by Gasteiger charge is 2.39. The minimum atomic E-state index is -5.08. The maximum absolute atomic E-state index is 12.6. The summed E-state index contributed by atoms with van der Waals surface area (Å²) in [6, 6.07) is 4.44. The van der Waals surface area contributed by atoms with Crippen LogP contribution in [0, 0.1) is 12.8 Å². The van der Waals surface area contributed by atoms with Crippen molar-refractivity contribution in [3.05, 3.63) is 43.7 Å². The van der Waals surface area contributed by atoms with Gasteiger partial charge < -0.3 is 31.9 Å². The van der Waals surface area contributed by atoms with E-state index in [1.54, 1.807) is 13.0 Å². The molecule has 2 aromatic heterocycles. The van der Waals surface area contributed by atoms with Crippen LogP contribution in [-0.4, -0.2) is 69.9 Å². The minimum Gasteiger partial charge on any atom is -0.475 e. The first-order valence-corrected chi connectivity index (χ1v) is 13.8. The second-order valence-electron chi connectivity index (χ2n) is 9.14. The maximum Gasteiger partial charge on any atom is 0.490 e. The van der Waals surface area contributed by atoms with Crippen LogP contribution in [0.15, 0.2) is 18.2 Å². The summed E-state index contributed by atoms with van der Waals surface area (Å²) in [6.45, 7) is 4.57. The van der Waals surface area contributed by atoms with Gasteiger partial charge in [-0.25, -0.2) is 14.6 Å². The SMILES string of the molecule is Cc1nc(N)ccc1CNC(=O)C(C)NC(=O)[C@H]1C[C@H](Cc2cc(Cl)c(Cl)s2)CN1.O=C(O)C(F)(F)F.O=C(O)C(F)(F)F. The Bertz CT molecular complexity index is 1280. The smallest absolute Gasteiger partial charge is 0.475 e. The number of pyridine rings is 1. The molecule has 11 nitrogen and oxygen atoms in total. The van der Waals surface area contributed by atoms with Gasteiger partial charge in [0, 0.05) is 17.1 Å². The van der Waals surface area contributed by atoms with Gasteiger partial charge in [-0.1, -0.05) is 29.3 Å². The zero-order valence-corrected chi connectivity index (χ0v) is 25.1. The van der Waals surface area contributed by atoms with Gasteiger partial charge in [-0.15, -0.1) is 11.3 Å². The molecule has 0 bridgehead atoms. The molecule has 0 aliphatic carbocycles. The Hall–Kier alpha value is -3.35. The average molecular weight is 698 g/mol. The summed E-state index contributed by atoms with van der Waals surface area (Å²) in [6.07, 6.45) is -8.65. The van der Waals surface area contributed by atoms with Crippen molar-refractivity contribution in [1.82, 2.24) is 20.9 Å². The second-order valence-corrected chi connectivity index (χ2v) is 11.3. The molecular formula is C24H27Cl2F6N5O6S. The lowest BCUT2D eigenvalue weighted by atomic mass is 10.0. The van der Waals surface area contributed by atoms with E-state index < -0.39 is 30.3 Å². The molecule has 0 radical (unpaired) electrons. The number of carboxylic acid groups (broad SMARTS) is 2. The van der Waals surface area contributed by atoms with Gasteiger partial charge in [-0.3, -0.25) is 9.59 Å². The highest BCUT2D eigenvalue weighted by atomic mass is 35.5. The summed E-state index contributed by atoms with van der Waals surface area (Å²) in [5.41, 5.74) is 7.29. The molecule has 7 N–H and O–H groups in total. The van der Waals surface area contributed by atoms with Crippen molar-refractivity contribution in [1.29, 1.82) is 0 Å². The number of carbonyl (C=O) groups is 4. The maximum atomic E-state index is 12.6. The molecule has 246 valence electrons. The zero-order valence-electron chi connectivity index (χ0n) is 22.8. The predicted molar refractivity (Wildman–Crippen MR) is 148 cm³/mol. The monoisotopic (exact) mass is 697 g/mol. The first kappa shape index (κ1) is 38.7. The number of hydrogen-bond acceptors (Lipinski definition) is 8. The number of aliphatic carboxylic acids is 2. The van der Waals surface area contributed by atoms with Crippen LogP contribution in [0.2, 0.25) is 9.36 Å². The van der Waals surface area contributed by atoms with Gasteiger partial charge in [-0.2, -0.15) is 26.3 Å². The van der Waals surface area contributed by atoms with E-state index in [9.17, 15) is 35.9 Å². The quantitative estimate of drug-likeness (QED) is 0.233. The number of amides is 2. The number of aryl methyl sites for hydroxylation is 1. The molecule has 44 heavy (non-hydrogen) atoms. The van der Waals surface area contributed by atoms with Crippen LogP contribution in [0.3, 0.4) is 0 Å². The van der Waals surface area contributed by atoms with E-state index in [1.807, 2.05) is 19.1 Å². The third-order valence-electron chi connectivity index (χ3n) is 5.63. The van der Waals surface area contributed by atoms with Crippen LogP contribution in [0.4, 0.5) is 32.2 Å². The third kappa shape index (κ3) is 13.5. The normalized spacial score (nSPS) is 16.9. The van der Waals surface area contributed by atoms with Crippen LogP contribution in [0.5, 0.6) is 0 Å². The molecule has 3 atom stereocenters. The summed E-state index contributed by atoms with van der Waals surface area (Å²) in [7, 11) is 0. The molecule has 0 spiro atoms. The van der Waals surface area contributed by atoms with E-state index >= 15 is 0 Å². The minimum absolute atomic E-state index is 0.173. The van der Waals surface area contributed by atoms with Gasteiger partial charge in [-0.05, 0) is 56.8 Å². The van der Waals surface area contributed by atoms with Crippen molar-refractivity contribution >= 4 is 64.1 Å². The Morgan fingerprint density at radius 2 is 1.66 bits per heavy atom. The Balaban J connectivity index is 0.000000574. The molecule has 2 amide bonds. The Morgan fingerprint density at radius 3 is 2.11 bits per heavy atom. The number of nitrogens with two attached hydrogens (primary N) is 1. The highest BCUT2D eigenvalue weighted by Crippen LogP contribution is 2.34. The second kappa shape index (κ2) is 16.6. The lowest BCUT2D eigenvalue weighted by Crippen LogP contribution is -2.50. The Kier molecular flexibility index (Phi) is 14.6. The highest BCUT2D eigenvalue weighted by molar-refractivity contribution is 7.16. The van der Waals surface area contributed by atoms with Crippen LogP contribution in [0.25, 0.3) is 0 Å². The summed E-state index contributed by atoms with van der Waals surface area (Å²) in [5, 5.41) is 23.7. The van der Waals surface area contributed by atoms with Crippen molar-refractivity contribution in [2.24, 2.45) is 5.92 Å². The first-order valence-electron chi connectivity index (χ1n) is 12.2. The molecule has 1 saturated heterocycles. The molecule has 1 aliphatic heterocycles. The van der Waals surface area contributed by atoms with Gasteiger partial charge in [0.15, 0.2) is 0 Å². The van der Waals surface area contributed by atoms with Gasteiger partial charge in [0.05, 0.1) is 11.1 Å². The molecule has 1 aliphatic rings. The van der Waals surface area contributed by atoms with Crippen LogP contribution >= 0.6 is 34.5 Å². The molecule has 0 saturated carbocycles. The van der Waals surface area contributed by atoms with Crippen molar-refractivity contribution in [3.8, 4) is 0 Å². The van der Waals surface area contributed by atoms with Gasteiger partial charge >= 0.3 is 24.3 Å². The molecule has 3 heterocycles. The molecule has 0 aromatic carbocycles. The fraction of sp³-hybridized carbons (Fsp3) is 0.458. The molecule has 1 fully saturated rings. The van der Waals surface area contributed by atoms with E-state index in [1.165, 1.54) is 11.3 Å². The van der Waals surface area contributed by atoms with Crippen LogP contribution in [0.1, 0.15) is 29.5 Å². The fourth-order valence-corrected chi connectivity index (χ4v) is 5.00. The number of nitrogens with one attached hydrogen (secondary N) is 3. The number of nitrogen functional groups attached to an aromatic ring is 1. The number of rotatable bonds is 7. The van der Waals surface area contributed by atoms with E-state index in [4.69, 9.17) is 48.7 Å². The number of hydrogen-bond donors (Lipinski definition) is 6. The number of anilines is 1. The standard InChI is InChI=1S/C20H25Cl2N5O2S.2C2HF3O2/c1-10-13(3-4-17(23)26-10)9-25-19(28)11(2)27-20(29)16-6-12(8-24-16)5-14-7-15(21)18(22)30-14;2*3-2(4,5)1(6)7/h3-4,7,11-12,16,24H,5-6,8-9H2,1-2H3,(H2,23,26)(H,25,28)(H,27,29);2*(H,6,7)/t11?,12-,16+;;/m0../s1. The number of nitrogens with zero attached hydrogens (tertiary/aromatic N) is 1. The number of carbonyl (C=O) groups excluding carboxylic acids is 2. The largest absolute Gasteiger partial charge is 0.490 e. The topological polar surface area (TPSA) is 184 Å². The summed E-state index contributed by atoms with van der Waals surface area (Å²) in [5.74, 6) is -5.18. The summed E-state index contributed by atoms with van der Waals surface area (Å²) in [4.78, 5) is 48.0. The van der Waals surface area contributed by atoms with Crippen molar-refractivity contribution < 1.29 is 55.7 Å². The first-order chi connectivity index (χ1) is 20.1. The van der Waals surface area contributed by atoms with Gasteiger partial charge in [0.2, 0.25) is 11.8 Å². The predicted octanol–water partition coefficient (Wildman–Crippen LogP) is 3.95. The third-order valence-corrected chi connectivity index (χ3v) is 7.52. The zero-order chi connectivity index (χ0) is 34.0. The summed E-state index contributed by atoms with van der Waals surface area (Å²) < 4.78 is 64.1. The number of alkyl halides is 6. The van der Waals surface area contributed by atoms with E-state index in [0.717, 1.165) is 29.1 Å². The lowest BCUT2D eigenvalue weighted by molar-refractivity contribution is -0.193. The van der Waals surface area contributed by atoms with Crippen molar-refractivity contribution in [2.45, 2.75) is 57.7 Å². The van der Waals surface area contributed by atoms with Gasteiger partial charge in [0.25, 0.3) is 0 Å². The van der Waals surface area contributed by atoms with Crippen LogP contribution < -0.4 is 21.7 Å². The Labute approximate surface area is 260 Å². The van der Waals surface area contributed by atoms with Crippen molar-refractivity contribution in [2.75, 3.05) is 12.3 Å². The van der Waals surface area contributed by atoms with E-state index in [-0.39, 0.29) is 17.9 Å². The van der Waals surface area contributed by atoms with Crippen LogP contribution in [-0.2, 0) is 32.1 Å². The molecule has 2 aromatic rings. The molecule has 20 heteroatoms. The molecular weight excluding hydrogens is 671 g/mol. The summed E-state index contributed by atoms with van der Waals surface area (Å²) >= 11 is 13.5. The number of carboxylic acids is 2. The van der Waals surface area contributed by atoms with Crippen molar-refractivity contribution in [3.63, 3.8) is 0 Å². The average Bonchev–Trinajstić information content (AvgIpc) is 3.48. The fourth-order valence-electron chi connectivity index (χ4n) is 3.45.